The summed E-state index contributed by atoms with van der Waals surface area (Å²) in [5.41, 5.74) is 1.07. The zero-order valence-electron chi connectivity index (χ0n) is 16.2. The number of imide groups is 1. The molecule has 154 valence electrons. The van der Waals surface area contributed by atoms with E-state index in [0.717, 1.165) is 4.90 Å². The molecule has 1 aliphatic rings. The number of ether oxygens (including phenoxy) is 2. The van der Waals surface area contributed by atoms with Gasteiger partial charge in [0.1, 0.15) is 24.7 Å². The summed E-state index contributed by atoms with van der Waals surface area (Å²) >= 11 is 0. The smallest absolute Gasteiger partial charge is 0.338 e. The van der Waals surface area contributed by atoms with E-state index in [-0.39, 0.29) is 36.4 Å². The minimum Gasteiger partial charge on any atom is -0.490 e. The van der Waals surface area contributed by atoms with Crippen molar-refractivity contribution >= 4 is 17.8 Å². The molecule has 31 heavy (non-hydrogen) atoms. The lowest BCUT2D eigenvalue weighted by atomic mass is 10.1. The first kappa shape index (κ1) is 19.9. The molecular formula is C23H16N2O6. The predicted molar refractivity (Wildman–Crippen MR) is 106 cm³/mol. The lowest BCUT2D eigenvalue weighted by molar-refractivity contribution is 0.0450. The van der Waals surface area contributed by atoms with Crippen LogP contribution in [0.1, 0.15) is 42.4 Å². The number of furan rings is 1. The van der Waals surface area contributed by atoms with E-state index in [1.54, 1.807) is 36.4 Å². The third-order valence-electron chi connectivity index (χ3n) is 4.67. The van der Waals surface area contributed by atoms with Gasteiger partial charge < -0.3 is 13.9 Å². The summed E-state index contributed by atoms with van der Waals surface area (Å²) in [5, 5.41) is 8.78. The molecule has 2 aromatic carbocycles. The topological polar surface area (TPSA) is 110 Å². The van der Waals surface area contributed by atoms with Crippen LogP contribution in [0.4, 0.5) is 0 Å². The molecule has 3 aromatic rings. The van der Waals surface area contributed by atoms with E-state index in [0.29, 0.717) is 17.1 Å². The molecule has 8 heteroatoms. The number of hydrogen-bond donors (Lipinski definition) is 0. The van der Waals surface area contributed by atoms with Gasteiger partial charge in [-0.05, 0) is 54.6 Å². The normalized spacial score (nSPS) is 12.4. The van der Waals surface area contributed by atoms with Gasteiger partial charge in [-0.2, -0.15) is 5.26 Å². The standard InChI is InChI=1S/C23H16N2O6/c24-13-15-3-6-17(7-4-15)30-10-11-31-23(28)16-5-8-19-20(12-16)22(27)25(21(19)26)14-18-2-1-9-29-18/h1-9,12H,10-11,14H2. The Balaban J connectivity index is 1.35. The highest BCUT2D eigenvalue weighted by atomic mass is 16.6. The van der Waals surface area contributed by atoms with Crippen LogP contribution in [-0.2, 0) is 11.3 Å². The molecular weight excluding hydrogens is 400 g/mol. The summed E-state index contributed by atoms with van der Waals surface area (Å²) in [7, 11) is 0. The molecule has 0 fully saturated rings. The van der Waals surface area contributed by atoms with Gasteiger partial charge in [-0.25, -0.2) is 4.79 Å². The molecule has 2 heterocycles. The predicted octanol–water partition coefficient (Wildman–Crippen LogP) is 3.18. The van der Waals surface area contributed by atoms with Crippen molar-refractivity contribution in [2.75, 3.05) is 13.2 Å². The monoisotopic (exact) mass is 416 g/mol. The van der Waals surface area contributed by atoms with E-state index in [2.05, 4.69) is 0 Å². The number of benzene rings is 2. The minimum atomic E-state index is -0.629. The van der Waals surface area contributed by atoms with Gasteiger partial charge in [-0.15, -0.1) is 0 Å². The zero-order valence-corrected chi connectivity index (χ0v) is 16.2. The van der Waals surface area contributed by atoms with Crippen molar-refractivity contribution in [2.24, 2.45) is 0 Å². The fourth-order valence-corrected chi connectivity index (χ4v) is 3.12. The first-order valence-corrected chi connectivity index (χ1v) is 9.39. The number of esters is 1. The Bertz CT molecular complexity index is 1180. The van der Waals surface area contributed by atoms with Gasteiger partial charge in [0.2, 0.25) is 0 Å². The van der Waals surface area contributed by atoms with Crippen LogP contribution in [0.3, 0.4) is 0 Å². The highest BCUT2D eigenvalue weighted by Crippen LogP contribution is 2.26. The average molecular weight is 416 g/mol. The fraction of sp³-hybridized carbons (Fsp3) is 0.130. The van der Waals surface area contributed by atoms with Crippen LogP contribution in [0.2, 0.25) is 0 Å². The minimum absolute atomic E-state index is 0.00653. The van der Waals surface area contributed by atoms with Crippen molar-refractivity contribution in [3.05, 3.63) is 88.9 Å². The number of rotatable bonds is 7. The van der Waals surface area contributed by atoms with Gasteiger partial charge in [0.15, 0.2) is 0 Å². The van der Waals surface area contributed by atoms with E-state index in [4.69, 9.17) is 19.2 Å². The molecule has 1 aromatic heterocycles. The van der Waals surface area contributed by atoms with E-state index in [1.807, 2.05) is 6.07 Å². The molecule has 8 nitrogen and oxygen atoms in total. The summed E-state index contributed by atoms with van der Waals surface area (Å²) in [6.45, 7) is 0.135. The number of nitrogens with zero attached hydrogens (tertiary/aromatic N) is 2. The number of fused-ring (bicyclic) bond motifs is 1. The molecule has 1 aliphatic heterocycles. The average Bonchev–Trinajstić information content (AvgIpc) is 3.40. The van der Waals surface area contributed by atoms with Gasteiger partial charge >= 0.3 is 5.97 Å². The summed E-state index contributed by atoms with van der Waals surface area (Å²) in [6.07, 6.45) is 1.46. The van der Waals surface area contributed by atoms with Crippen LogP contribution in [0.15, 0.2) is 65.3 Å². The maximum atomic E-state index is 12.6. The number of nitriles is 1. The van der Waals surface area contributed by atoms with Crippen molar-refractivity contribution in [1.29, 1.82) is 5.26 Å². The molecule has 0 N–H and O–H groups in total. The Morgan fingerprint density at radius 2 is 1.77 bits per heavy atom. The highest BCUT2D eigenvalue weighted by molar-refractivity contribution is 6.21. The second kappa shape index (κ2) is 8.55. The number of carbonyl (C=O) groups is 3. The molecule has 0 saturated heterocycles. The SMILES string of the molecule is N#Cc1ccc(OCCOC(=O)c2ccc3c(c2)C(=O)N(Cc2ccco2)C3=O)cc1. The lowest BCUT2D eigenvalue weighted by Crippen LogP contribution is -2.28. The Labute approximate surface area is 177 Å². The third kappa shape index (κ3) is 4.16. The molecule has 0 atom stereocenters. The van der Waals surface area contributed by atoms with Crippen LogP contribution in [-0.4, -0.2) is 35.9 Å². The van der Waals surface area contributed by atoms with E-state index in [1.165, 1.54) is 24.5 Å². The van der Waals surface area contributed by atoms with E-state index < -0.39 is 17.8 Å². The largest absolute Gasteiger partial charge is 0.490 e. The maximum absolute atomic E-state index is 12.6. The van der Waals surface area contributed by atoms with Gasteiger partial charge in [0, 0.05) is 0 Å². The molecule has 0 aliphatic carbocycles. The molecule has 4 rings (SSSR count). The van der Waals surface area contributed by atoms with Crippen LogP contribution >= 0.6 is 0 Å². The van der Waals surface area contributed by atoms with Crippen molar-refractivity contribution < 1.29 is 28.3 Å². The lowest BCUT2D eigenvalue weighted by Gasteiger charge is -2.11. The van der Waals surface area contributed by atoms with Gasteiger partial charge in [0.25, 0.3) is 11.8 Å². The number of amides is 2. The molecule has 0 saturated carbocycles. The number of hydrogen-bond acceptors (Lipinski definition) is 7. The maximum Gasteiger partial charge on any atom is 0.338 e. The highest BCUT2D eigenvalue weighted by Gasteiger charge is 2.36. The molecule has 0 unspecified atom stereocenters. The second-order valence-corrected chi connectivity index (χ2v) is 6.66. The summed E-state index contributed by atoms with van der Waals surface area (Å²) in [6, 6.07) is 16.2. The summed E-state index contributed by atoms with van der Waals surface area (Å²) in [5.74, 6) is -0.525. The molecule has 2 amide bonds. The van der Waals surface area contributed by atoms with E-state index in [9.17, 15) is 14.4 Å². The van der Waals surface area contributed by atoms with Crippen LogP contribution in [0.25, 0.3) is 0 Å². The van der Waals surface area contributed by atoms with Crippen LogP contribution in [0.5, 0.6) is 5.75 Å². The van der Waals surface area contributed by atoms with Crippen LogP contribution in [0, 0.1) is 11.3 Å². The Hall–Kier alpha value is -4.38. The first-order chi connectivity index (χ1) is 15.1. The van der Waals surface area contributed by atoms with E-state index >= 15 is 0 Å². The Morgan fingerprint density at radius 3 is 2.48 bits per heavy atom. The summed E-state index contributed by atoms with van der Waals surface area (Å²) in [4.78, 5) is 38.6. The van der Waals surface area contributed by atoms with Crippen LogP contribution < -0.4 is 4.74 Å². The van der Waals surface area contributed by atoms with Gasteiger partial charge in [-0.1, -0.05) is 0 Å². The third-order valence-corrected chi connectivity index (χ3v) is 4.67. The van der Waals surface area contributed by atoms with Crippen molar-refractivity contribution in [3.8, 4) is 11.8 Å². The Morgan fingerprint density at radius 1 is 1.00 bits per heavy atom. The van der Waals surface area contributed by atoms with Crippen molar-refractivity contribution in [1.82, 2.24) is 4.90 Å². The first-order valence-electron chi connectivity index (χ1n) is 9.39. The quantitative estimate of drug-likeness (QED) is 0.330. The Kier molecular flexibility index (Phi) is 5.49. The fourth-order valence-electron chi connectivity index (χ4n) is 3.12. The molecule has 0 spiro atoms. The molecule has 0 bridgehead atoms. The van der Waals surface area contributed by atoms with Gasteiger partial charge in [-0.3, -0.25) is 14.5 Å². The second-order valence-electron chi connectivity index (χ2n) is 6.66. The zero-order chi connectivity index (χ0) is 21.8. The van der Waals surface area contributed by atoms with Gasteiger partial charge in [0.05, 0.1) is 41.1 Å². The summed E-state index contributed by atoms with van der Waals surface area (Å²) < 4.78 is 15.9. The van der Waals surface area contributed by atoms with Crippen molar-refractivity contribution in [3.63, 3.8) is 0 Å². The molecule has 0 radical (unpaired) electrons. The number of carbonyl (C=O) groups excluding carboxylic acids is 3. The van der Waals surface area contributed by atoms with Crippen molar-refractivity contribution in [2.45, 2.75) is 6.54 Å².